The lowest BCUT2D eigenvalue weighted by Gasteiger charge is -2.34. The number of nitrogens with zero attached hydrogens (tertiary/aromatic N) is 6. The number of piperazine rings is 1. The molecule has 0 atom stereocenters. The minimum Gasteiger partial charge on any atom is -0.348 e. The number of nitrogens with one attached hydrogen (secondary N) is 1. The first-order valence-corrected chi connectivity index (χ1v) is 9.62. The van der Waals surface area contributed by atoms with Crippen LogP contribution in [-0.2, 0) is 0 Å². The van der Waals surface area contributed by atoms with Gasteiger partial charge in [-0.15, -0.1) is 0 Å². The summed E-state index contributed by atoms with van der Waals surface area (Å²) < 4.78 is 0. The van der Waals surface area contributed by atoms with Crippen LogP contribution in [0.2, 0.25) is 0 Å². The number of anilines is 2. The van der Waals surface area contributed by atoms with Gasteiger partial charge in [0.1, 0.15) is 5.69 Å². The Kier molecular flexibility index (Phi) is 5.13. The Bertz CT molecular complexity index is 784. The van der Waals surface area contributed by atoms with Crippen molar-refractivity contribution < 1.29 is 4.79 Å². The molecule has 8 heteroatoms. The van der Waals surface area contributed by atoms with E-state index in [0.29, 0.717) is 11.6 Å². The van der Waals surface area contributed by atoms with Gasteiger partial charge in [0.15, 0.2) is 0 Å². The van der Waals surface area contributed by atoms with Gasteiger partial charge in [-0.25, -0.2) is 19.9 Å². The third kappa shape index (κ3) is 4.15. The number of amides is 1. The number of rotatable bonds is 4. The second-order valence-electron chi connectivity index (χ2n) is 7.17. The molecule has 1 saturated heterocycles. The molecule has 27 heavy (non-hydrogen) atoms. The van der Waals surface area contributed by atoms with Gasteiger partial charge in [-0.1, -0.05) is 12.8 Å². The van der Waals surface area contributed by atoms with E-state index in [0.717, 1.165) is 50.7 Å². The topological polar surface area (TPSA) is 87.1 Å². The Morgan fingerprint density at radius 3 is 2.30 bits per heavy atom. The minimum atomic E-state index is -0.0926. The van der Waals surface area contributed by atoms with Crippen LogP contribution in [0.4, 0.5) is 11.9 Å². The normalized spacial score (nSPS) is 18.0. The molecule has 2 aromatic heterocycles. The molecular formula is C19H25N7O. The van der Waals surface area contributed by atoms with Crippen LogP contribution < -0.4 is 15.1 Å². The van der Waals surface area contributed by atoms with E-state index in [4.69, 9.17) is 0 Å². The monoisotopic (exact) mass is 367 g/mol. The van der Waals surface area contributed by atoms with Crippen molar-refractivity contribution in [3.8, 4) is 0 Å². The second-order valence-corrected chi connectivity index (χ2v) is 7.17. The molecule has 4 rings (SSSR count). The first-order chi connectivity index (χ1) is 13.2. The molecule has 0 radical (unpaired) electrons. The van der Waals surface area contributed by atoms with E-state index in [1.807, 2.05) is 13.0 Å². The Morgan fingerprint density at radius 2 is 1.63 bits per heavy atom. The molecule has 1 N–H and O–H groups in total. The van der Waals surface area contributed by atoms with Crippen LogP contribution in [0.5, 0.6) is 0 Å². The fourth-order valence-corrected chi connectivity index (χ4v) is 3.70. The van der Waals surface area contributed by atoms with Gasteiger partial charge in [0, 0.05) is 50.3 Å². The van der Waals surface area contributed by atoms with Crippen LogP contribution in [0.3, 0.4) is 0 Å². The molecule has 8 nitrogen and oxygen atoms in total. The van der Waals surface area contributed by atoms with E-state index in [1.54, 1.807) is 18.5 Å². The molecule has 1 amide bonds. The summed E-state index contributed by atoms with van der Waals surface area (Å²) in [5.74, 6) is 1.28. The highest BCUT2D eigenvalue weighted by Gasteiger charge is 2.23. The average molecular weight is 367 g/mol. The van der Waals surface area contributed by atoms with Gasteiger partial charge in [-0.05, 0) is 31.9 Å². The zero-order valence-electron chi connectivity index (χ0n) is 15.6. The van der Waals surface area contributed by atoms with Crippen LogP contribution in [-0.4, -0.2) is 58.1 Å². The SMILES string of the molecule is Cc1cc(C(=O)NC2CCCC2)nc(N2CCN(c3ncccn3)CC2)n1. The van der Waals surface area contributed by atoms with Crippen molar-refractivity contribution in [2.45, 2.75) is 38.6 Å². The summed E-state index contributed by atoms with van der Waals surface area (Å²) >= 11 is 0. The van der Waals surface area contributed by atoms with Crippen molar-refractivity contribution in [3.63, 3.8) is 0 Å². The molecule has 1 aliphatic heterocycles. The Labute approximate surface area is 159 Å². The van der Waals surface area contributed by atoms with Crippen molar-refractivity contribution in [2.24, 2.45) is 0 Å². The highest BCUT2D eigenvalue weighted by molar-refractivity contribution is 5.92. The second kappa shape index (κ2) is 7.85. The summed E-state index contributed by atoms with van der Waals surface area (Å²) in [6.07, 6.45) is 8.02. The minimum absolute atomic E-state index is 0.0926. The van der Waals surface area contributed by atoms with Gasteiger partial charge >= 0.3 is 0 Å². The summed E-state index contributed by atoms with van der Waals surface area (Å²) in [5, 5.41) is 3.11. The number of hydrogen-bond acceptors (Lipinski definition) is 7. The maximum Gasteiger partial charge on any atom is 0.270 e. The van der Waals surface area contributed by atoms with Gasteiger partial charge in [-0.3, -0.25) is 4.79 Å². The molecule has 2 aliphatic rings. The molecular weight excluding hydrogens is 342 g/mol. The molecule has 2 aromatic rings. The molecule has 0 unspecified atom stereocenters. The molecule has 0 aromatic carbocycles. The molecule has 1 aliphatic carbocycles. The van der Waals surface area contributed by atoms with E-state index < -0.39 is 0 Å². The predicted octanol–water partition coefficient (Wildman–Crippen LogP) is 1.57. The van der Waals surface area contributed by atoms with E-state index >= 15 is 0 Å². The number of carbonyl (C=O) groups excluding carboxylic acids is 1. The zero-order chi connectivity index (χ0) is 18.6. The van der Waals surface area contributed by atoms with Crippen LogP contribution in [0.25, 0.3) is 0 Å². The Balaban J connectivity index is 1.43. The van der Waals surface area contributed by atoms with Gasteiger partial charge < -0.3 is 15.1 Å². The first kappa shape index (κ1) is 17.6. The molecule has 1 saturated carbocycles. The summed E-state index contributed by atoms with van der Waals surface area (Å²) in [6, 6.07) is 3.87. The first-order valence-electron chi connectivity index (χ1n) is 9.62. The molecule has 142 valence electrons. The van der Waals surface area contributed by atoms with Crippen LogP contribution in [0, 0.1) is 6.92 Å². The van der Waals surface area contributed by atoms with E-state index in [9.17, 15) is 4.79 Å². The van der Waals surface area contributed by atoms with Crippen molar-refractivity contribution in [1.82, 2.24) is 25.3 Å². The Hall–Kier alpha value is -2.77. The standard InChI is InChI=1S/C19H25N7O/c1-14-13-16(17(27)23-15-5-2-3-6-15)24-19(22-14)26-11-9-25(10-12-26)18-20-7-4-8-21-18/h4,7-8,13,15H,2-3,5-6,9-12H2,1H3,(H,23,27). The van der Waals surface area contributed by atoms with Crippen molar-refractivity contribution in [3.05, 3.63) is 35.9 Å². The fraction of sp³-hybridized carbons (Fsp3) is 0.526. The quantitative estimate of drug-likeness (QED) is 0.878. The summed E-state index contributed by atoms with van der Waals surface area (Å²) in [5.41, 5.74) is 1.27. The summed E-state index contributed by atoms with van der Waals surface area (Å²) in [4.78, 5) is 34.6. The number of aromatic nitrogens is 4. The maximum atomic E-state index is 12.6. The van der Waals surface area contributed by atoms with Crippen molar-refractivity contribution in [2.75, 3.05) is 36.0 Å². The van der Waals surface area contributed by atoms with Gasteiger partial charge in [0.2, 0.25) is 11.9 Å². The molecule has 2 fully saturated rings. The van der Waals surface area contributed by atoms with Gasteiger partial charge in [0.05, 0.1) is 0 Å². The largest absolute Gasteiger partial charge is 0.348 e. The predicted molar refractivity (Wildman–Crippen MR) is 103 cm³/mol. The van der Waals surface area contributed by atoms with E-state index in [2.05, 4.69) is 35.1 Å². The van der Waals surface area contributed by atoms with Crippen LogP contribution >= 0.6 is 0 Å². The third-order valence-electron chi connectivity index (χ3n) is 5.16. The zero-order valence-corrected chi connectivity index (χ0v) is 15.6. The van der Waals surface area contributed by atoms with E-state index in [-0.39, 0.29) is 11.9 Å². The highest BCUT2D eigenvalue weighted by atomic mass is 16.1. The summed E-state index contributed by atoms with van der Waals surface area (Å²) in [7, 11) is 0. The lowest BCUT2D eigenvalue weighted by atomic mass is 10.2. The molecule has 3 heterocycles. The van der Waals surface area contributed by atoms with Crippen molar-refractivity contribution in [1.29, 1.82) is 0 Å². The van der Waals surface area contributed by atoms with Gasteiger partial charge in [0.25, 0.3) is 5.91 Å². The molecule has 0 spiro atoms. The lowest BCUT2D eigenvalue weighted by molar-refractivity contribution is 0.0932. The maximum absolute atomic E-state index is 12.6. The van der Waals surface area contributed by atoms with E-state index in [1.165, 1.54) is 12.8 Å². The van der Waals surface area contributed by atoms with Crippen LogP contribution in [0.1, 0.15) is 41.9 Å². The van der Waals surface area contributed by atoms with Crippen LogP contribution in [0.15, 0.2) is 24.5 Å². The fourth-order valence-electron chi connectivity index (χ4n) is 3.70. The number of carbonyl (C=O) groups is 1. The number of hydrogen-bond donors (Lipinski definition) is 1. The highest BCUT2D eigenvalue weighted by Crippen LogP contribution is 2.19. The van der Waals surface area contributed by atoms with Crippen molar-refractivity contribution >= 4 is 17.8 Å². The molecule has 0 bridgehead atoms. The lowest BCUT2D eigenvalue weighted by Crippen LogP contribution is -2.48. The third-order valence-corrected chi connectivity index (χ3v) is 5.16. The smallest absolute Gasteiger partial charge is 0.270 e. The average Bonchev–Trinajstić information content (AvgIpc) is 3.21. The summed E-state index contributed by atoms with van der Waals surface area (Å²) in [6.45, 7) is 5.04. The Morgan fingerprint density at radius 1 is 1.00 bits per heavy atom. The van der Waals surface area contributed by atoms with Gasteiger partial charge in [-0.2, -0.15) is 0 Å². The number of aryl methyl sites for hydroxylation is 1.